The molecule has 1 aliphatic rings. The van der Waals surface area contributed by atoms with Gasteiger partial charge in [-0.1, -0.05) is 12.1 Å². The third-order valence-corrected chi connectivity index (χ3v) is 4.95. The van der Waals surface area contributed by atoms with Gasteiger partial charge in [0.2, 0.25) is 5.91 Å². The van der Waals surface area contributed by atoms with E-state index >= 15 is 0 Å². The SMILES string of the molecule is COCC(=O)N1CC[C@H](c2cc(Cc3ccc(C(F)(F)F)cc3)cc(C)n2)C1. The average molecular weight is 392 g/mol. The Labute approximate surface area is 162 Å². The molecule has 1 amide bonds. The highest BCUT2D eigenvalue weighted by Crippen LogP contribution is 2.30. The first kappa shape index (κ1) is 20.3. The molecule has 0 unspecified atom stereocenters. The van der Waals surface area contributed by atoms with Crippen LogP contribution < -0.4 is 0 Å². The molecule has 1 atom stereocenters. The van der Waals surface area contributed by atoms with Crippen LogP contribution >= 0.6 is 0 Å². The average Bonchev–Trinajstić information content (AvgIpc) is 3.11. The summed E-state index contributed by atoms with van der Waals surface area (Å²) in [6.07, 6.45) is -2.95. The maximum atomic E-state index is 12.7. The molecule has 0 radical (unpaired) electrons. The zero-order chi connectivity index (χ0) is 20.3. The van der Waals surface area contributed by atoms with E-state index in [4.69, 9.17) is 4.74 Å². The molecule has 0 N–H and O–H groups in total. The molecule has 1 saturated heterocycles. The second-order valence-electron chi connectivity index (χ2n) is 7.17. The van der Waals surface area contributed by atoms with Crippen LogP contribution in [0.3, 0.4) is 0 Å². The first-order valence-corrected chi connectivity index (χ1v) is 9.16. The fourth-order valence-corrected chi connectivity index (χ4v) is 3.57. The van der Waals surface area contributed by atoms with E-state index in [9.17, 15) is 18.0 Å². The first-order chi connectivity index (χ1) is 13.3. The first-order valence-electron chi connectivity index (χ1n) is 9.16. The largest absolute Gasteiger partial charge is 0.416 e. The second-order valence-corrected chi connectivity index (χ2v) is 7.17. The summed E-state index contributed by atoms with van der Waals surface area (Å²) in [6, 6.07) is 9.20. The Morgan fingerprint density at radius 1 is 1.21 bits per heavy atom. The van der Waals surface area contributed by atoms with Crippen molar-refractivity contribution in [2.24, 2.45) is 0 Å². The number of methoxy groups -OCH3 is 1. The van der Waals surface area contributed by atoms with Crippen molar-refractivity contribution in [1.82, 2.24) is 9.88 Å². The van der Waals surface area contributed by atoms with Crippen LogP contribution in [0.2, 0.25) is 0 Å². The number of aromatic nitrogens is 1. The van der Waals surface area contributed by atoms with Gasteiger partial charge in [-0.05, 0) is 55.2 Å². The van der Waals surface area contributed by atoms with Crippen LogP contribution in [0.15, 0.2) is 36.4 Å². The Morgan fingerprint density at radius 2 is 1.93 bits per heavy atom. The zero-order valence-electron chi connectivity index (χ0n) is 15.9. The summed E-state index contributed by atoms with van der Waals surface area (Å²) in [4.78, 5) is 18.4. The number of halogens is 3. The van der Waals surface area contributed by atoms with Crippen molar-refractivity contribution < 1.29 is 22.7 Å². The van der Waals surface area contributed by atoms with Crippen molar-refractivity contribution in [2.45, 2.75) is 31.9 Å². The molecule has 0 bridgehead atoms. The number of hydrogen-bond acceptors (Lipinski definition) is 3. The molecule has 7 heteroatoms. The monoisotopic (exact) mass is 392 g/mol. The Hall–Kier alpha value is -2.41. The van der Waals surface area contributed by atoms with Crippen LogP contribution in [-0.4, -0.2) is 42.6 Å². The van der Waals surface area contributed by atoms with Gasteiger partial charge in [-0.15, -0.1) is 0 Å². The van der Waals surface area contributed by atoms with E-state index in [2.05, 4.69) is 4.98 Å². The fourth-order valence-electron chi connectivity index (χ4n) is 3.57. The van der Waals surface area contributed by atoms with Gasteiger partial charge in [-0.25, -0.2) is 0 Å². The lowest BCUT2D eigenvalue weighted by atomic mass is 9.98. The van der Waals surface area contributed by atoms with Gasteiger partial charge in [-0.2, -0.15) is 13.2 Å². The van der Waals surface area contributed by atoms with E-state index in [0.717, 1.165) is 41.1 Å². The van der Waals surface area contributed by atoms with Gasteiger partial charge in [0.25, 0.3) is 0 Å². The molecule has 0 spiro atoms. The summed E-state index contributed by atoms with van der Waals surface area (Å²) >= 11 is 0. The molecule has 0 saturated carbocycles. The van der Waals surface area contributed by atoms with E-state index in [1.807, 2.05) is 19.1 Å². The minimum atomic E-state index is -4.33. The Bertz CT molecular complexity index is 835. The molecule has 1 aliphatic heterocycles. The predicted octanol–water partition coefficient (Wildman–Crippen LogP) is 3.96. The van der Waals surface area contributed by atoms with Crippen molar-refractivity contribution >= 4 is 5.91 Å². The molecule has 1 fully saturated rings. The molecule has 0 aliphatic carbocycles. The number of alkyl halides is 3. The van der Waals surface area contributed by atoms with E-state index in [0.29, 0.717) is 19.5 Å². The summed E-state index contributed by atoms with van der Waals surface area (Å²) in [5.41, 5.74) is 2.96. The number of rotatable bonds is 5. The number of likely N-dealkylation sites (tertiary alicyclic amines) is 1. The summed E-state index contributed by atoms with van der Waals surface area (Å²) in [5, 5.41) is 0. The van der Waals surface area contributed by atoms with Crippen molar-refractivity contribution in [1.29, 1.82) is 0 Å². The van der Waals surface area contributed by atoms with Gasteiger partial charge >= 0.3 is 6.18 Å². The number of benzene rings is 1. The quantitative estimate of drug-likeness (QED) is 0.774. The maximum Gasteiger partial charge on any atom is 0.416 e. The van der Waals surface area contributed by atoms with E-state index in [1.165, 1.54) is 19.2 Å². The molecule has 1 aromatic heterocycles. The third-order valence-electron chi connectivity index (χ3n) is 4.95. The number of carbonyl (C=O) groups excluding carboxylic acids is 1. The number of hydrogen-bond donors (Lipinski definition) is 0. The highest BCUT2D eigenvalue weighted by Gasteiger charge is 2.30. The summed E-state index contributed by atoms with van der Waals surface area (Å²) in [7, 11) is 1.50. The van der Waals surface area contributed by atoms with E-state index < -0.39 is 11.7 Å². The van der Waals surface area contributed by atoms with Gasteiger partial charge in [-0.3, -0.25) is 9.78 Å². The zero-order valence-corrected chi connectivity index (χ0v) is 15.9. The van der Waals surface area contributed by atoms with Gasteiger partial charge < -0.3 is 9.64 Å². The van der Waals surface area contributed by atoms with Gasteiger partial charge in [0, 0.05) is 37.5 Å². The third kappa shape index (κ3) is 4.90. The molecular weight excluding hydrogens is 369 g/mol. The molecule has 28 heavy (non-hydrogen) atoms. The molecule has 1 aromatic carbocycles. The smallest absolute Gasteiger partial charge is 0.375 e. The molecule has 2 heterocycles. The Balaban J connectivity index is 1.73. The summed E-state index contributed by atoms with van der Waals surface area (Å²) in [6.45, 7) is 3.27. The molecule has 4 nitrogen and oxygen atoms in total. The topological polar surface area (TPSA) is 42.4 Å². The number of pyridine rings is 1. The minimum Gasteiger partial charge on any atom is -0.375 e. The van der Waals surface area contributed by atoms with Crippen molar-refractivity contribution in [3.8, 4) is 0 Å². The second kappa shape index (κ2) is 8.31. The van der Waals surface area contributed by atoms with Crippen LogP contribution in [0.1, 0.15) is 40.4 Å². The number of carbonyl (C=O) groups is 1. The summed E-state index contributed by atoms with van der Waals surface area (Å²) < 4.78 is 43.1. The number of amides is 1. The van der Waals surface area contributed by atoms with Gasteiger partial charge in [0.05, 0.1) is 5.56 Å². The van der Waals surface area contributed by atoms with Crippen LogP contribution in [-0.2, 0) is 22.1 Å². The highest BCUT2D eigenvalue weighted by atomic mass is 19.4. The van der Waals surface area contributed by atoms with Crippen LogP contribution in [0.4, 0.5) is 13.2 Å². The van der Waals surface area contributed by atoms with E-state index in [-0.39, 0.29) is 18.4 Å². The number of ether oxygens (including phenoxy) is 1. The van der Waals surface area contributed by atoms with Crippen molar-refractivity contribution in [2.75, 3.05) is 26.8 Å². The number of nitrogens with zero attached hydrogens (tertiary/aromatic N) is 2. The lowest BCUT2D eigenvalue weighted by Crippen LogP contribution is -2.31. The maximum absolute atomic E-state index is 12.7. The van der Waals surface area contributed by atoms with Crippen molar-refractivity contribution in [3.05, 3.63) is 64.5 Å². The Kier molecular flexibility index (Phi) is 6.03. The standard InChI is InChI=1S/C21H23F3N2O2/c1-14-9-16(10-15-3-5-18(6-4-15)21(22,23)24)11-19(25-14)17-7-8-26(12-17)20(27)13-28-2/h3-6,9,11,17H,7-8,10,12-13H2,1-2H3/t17-/m0/s1. The normalized spacial score (nSPS) is 17.2. The molecule has 150 valence electrons. The van der Waals surface area contributed by atoms with Crippen molar-refractivity contribution in [3.63, 3.8) is 0 Å². The lowest BCUT2D eigenvalue weighted by molar-refractivity contribution is -0.137. The fraction of sp³-hybridized carbons (Fsp3) is 0.429. The van der Waals surface area contributed by atoms with Crippen LogP contribution in [0.25, 0.3) is 0 Å². The molecular formula is C21H23F3N2O2. The molecule has 3 rings (SSSR count). The van der Waals surface area contributed by atoms with Gasteiger partial charge in [0.15, 0.2) is 0 Å². The summed E-state index contributed by atoms with van der Waals surface area (Å²) in [5.74, 6) is 0.134. The number of aryl methyl sites for hydroxylation is 1. The highest BCUT2D eigenvalue weighted by molar-refractivity contribution is 5.77. The van der Waals surface area contributed by atoms with Crippen LogP contribution in [0.5, 0.6) is 0 Å². The predicted molar refractivity (Wildman–Crippen MR) is 99.0 cm³/mol. The molecule has 2 aromatic rings. The Morgan fingerprint density at radius 3 is 2.57 bits per heavy atom. The van der Waals surface area contributed by atoms with E-state index in [1.54, 1.807) is 4.90 Å². The minimum absolute atomic E-state index is 0.0253. The lowest BCUT2D eigenvalue weighted by Gasteiger charge is -2.16. The van der Waals surface area contributed by atoms with Gasteiger partial charge in [0.1, 0.15) is 6.61 Å². The van der Waals surface area contributed by atoms with Crippen LogP contribution in [0, 0.1) is 6.92 Å².